The molecule has 4 nitrogen and oxygen atoms in total. The summed E-state index contributed by atoms with van der Waals surface area (Å²) in [6.45, 7) is 4.02. The lowest BCUT2D eigenvalue weighted by Crippen LogP contribution is -2.47. The van der Waals surface area contributed by atoms with Gasteiger partial charge in [0.15, 0.2) is 5.13 Å². The van der Waals surface area contributed by atoms with Crippen LogP contribution in [0, 0.1) is 0 Å². The van der Waals surface area contributed by atoms with E-state index in [-0.39, 0.29) is 11.9 Å². The molecule has 25 heavy (non-hydrogen) atoms. The Bertz CT molecular complexity index is 716. The van der Waals surface area contributed by atoms with Gasteiger partial charge in [-0.3, -0.25) is 9.69 Å². The minimum atomic E-state index is -0.0724. The van der Waals surface area contributed by atoms with E-state index < -0.39 is 0 Å². The number of aromatic nitrogens is 1. The summed E-state index contributed by atoms with van der Waals surface area (Å²) in [5.74, 6) is 2.25. The first-order valence-electron chi connectivity index (χ1n) is 8.48. The highest BCUT2D eigenvalue weighted by atomic mass is 35.5. The Morgan fingerprint density at radius 2 is 2.12 bits per heavy atom. The van der Waals surface area contributed by atoms with Crippen molar-refractivity contribution in [1.29, 1.82) is 0 Å². The number of nitrogens with zero attached hydrogens (tertiary/aromatic N) is 2. The van der Waals surface area contributed by atoms with Gasteiger partial charge in [0.2, 0.25) is 5.91 Å². The highest BCUT2D eigenvalue weighted by Gasteiger charge is 2.26. The first-order chi connectivity index (χ1) is 12.2. The van der Waals surface area contributed by atoms with Crippen LogP contribution in [0.2, 0.25) is 5.02 Å². The van der Waals surface area contributed by atoms with Crippen molar-refractivity contribution in [2.75, 3.05) is 29.9 Å². The molecule has 1 aromatic carbocycles. The number of thiazole rings is 1. The van der Waals surface area contributed by atoms with Gasteiger partial charge in [0.1, 0.15) is 0 Å². The SMILES string of the molecule is CCC(C(=O)Nc1ncc(Cc2ccccc2Cl)s1)N1CCSCC1. The summed E-state index contributed by atoms with van der Waals surface area (Å²) < 4.78 is 0. The fraction of sp³-hybridized carbons (Fsp3) is 0.444. The molecule has 1 fully saturated rings. The summed E-state index contributed by atoms with van der Waals surface area (Å²) >= 11 is 9.69. The molecule has 0 spiro atoms. The van der Waals surface area contributed by atoms with Crippen molar-refractivity contribution in [1.82, 2.24) is 9.88 Å². The third kappa shape index (κ3) is 4.97. The second kappa shape index (κ2) is 9.03. The highest BCUT2D eigenvalue weighted by molar-refractivity contribution is 7.99. The van der Waals surface area contributed by atoms with Crippen molar-refractivity contribution in [2.24, 2.45) is 0 Å². The van der Waals surface area contributed by atoms with Gasteiger partial charge in [0, 0.05) is 47.1 Å². The molecular formula is C18H22ClN3OS2. The number of anilines is 1. The molecule has 1 aliphatic rings. The Morgan fingerprint density at radius 1 is 1.36 bits per heavy atom. The van der Waals surface area contributed by atoms with E-state index in [0.717, 1.165) is 52.9 Å². The second-order valence-corrected chi connectivity index (χ2v) is 8.71. The molecule has 0 aliphatic carbocycles. The van der Waals surface area contributed by atoms with Crippen molar-refractivity contribution in [2.45, 2.75) is 25.8 Å². The minimum absolute atomic E-state index is 0.0491. The molecule has 3 rings (SSSR count). The van der Waals surface area contributed by atoms with Gasteiger partial charge in [-0.2, -0.15) is 11.8 Å². The zero-order valence-electron chi connectivity index (χ0n) is 14.2. The van der Waals surface area contributed by atoms with Crippen LogP contribution in [0.4, 0.5) is 5.13 Å². The Hall–Kier alpha value is -1.08. The molecule has 1 unspecified atom stereocenters. The van der Waals surface area contributed by atoms with Crippen LogP contribution in [0.1, 0.15) is 23.8 Å². The van der Waals surface area contributed by atoms with Gasteiger partial charge >= 0.3 is 0 Å². The number of halogens is 1. The third-order valence-electron chi connectivity index (χ3n) is 4.28. The van der Waals surface area contributed by atoms with E-state index in [2.05, 4.69) is 22.1 Å². The van der Waals surface area contributed by atoms with Crippen molar-refractivity contribution in [3.8, 4) is 0 Å². The average molecular weight is 396 g/mol. The number of thioether (sulfide) groups is 1. The zero-order chi connectivity index (χ0) is 17.6. The Balaban J connectivity index is 1.62. The van der Waals surface area contributed by atoms with Crippen LogP contribution in [-0.2, 0) is 11.2 Å². The van der Waals surface area contributed by atoms with E-state index in [1.807, 2.05) is 42.2 Å². The van der Waals surface area contributed by atoms with E-state index in [1.165, 1.54) is 11.3 Å². The summed E-state index contributed by atoms with van der Waals surface area (Å²) in [6, 6.07) is 7.74. The topological polar surface area (TPSA) is 45.2 Å². The fourth-order valence-electron chi connectivity index (χ4n) is 2.96. The van der Waals surface area contributed by atoms with Gasteiger partial charge in [-0.25, -0.2) is 4.98 Å². The molecule has 1 aromatic heterocycles. The van der Waals surface area contributed by atoms with Crippen LogP contribution in [0.15, 0.2) is 30.5 Å². The minimum Gasteiger partial charge on any atom is -0.301 e. The second-order valence-electron chi connectivity index (χ2n) is 5.96. The van der Waals surface area contributed by atoms with Gasteiger partial charge in [0.05, 0.1) is 6.04 Å². The number of amides is 1. The lowest BCUT2D eigenvalue weighted by Gasteiger charge is -2.32. The molecule has 2 heterocycles. The number of hydrogen-bond donors (Lipinski definition) is 1. The maximum Gasteiger partial charge on any atom is 0.243 e. The predicted octanol–water partition coefficient (Wildman–Crippen LogP) is 4.15. The van der Waals surface area contributed by atoms with Crippen LogP contribution in [0.3, 0.4) is 0 Å². The van der Waals surface area contributed by atoms with Crippen molar-refractivity contribution >= 4 is 45.7 Å². The normalized spacial score (nSPS) is 16.6. The molecule has 1 N–H and O–H groups in total. The molecule has 2 aromatic rings. The number of benzene rings is 1. The highest BCUT2D eigenvalue weighted by Crippen LogP contribution is 2.25. The van der Waals surface area contributed by atoms with Gasteiger partial charge < -0.3 is 5.32 Å². The van der Waals surface area contributed by atoms with E-state index >= 15 is 0 Å². The maximum absolute atomic E-state index is 12.7. The molecule has 1 amide bonds. The van der Waals surface area contributed by atoms with Crippen LogP contribution >= 0.6 is 34.7 Å². The summed E-state index contributed by atoms with van der Waals surface area (Å²) in [4.78, 5) is 20.4. The quantitative estimate of drug-likeness (QED) is 0.797. The molecule has 0 saturated carbocycles. The summed E-state index contributed by atoms with van der Waals surface area (Å²) in [7, 11) is 0. The van der Waals surface area contributed by atoms with E-state index in [9.17, 15) is 4.79 Å². The zero-order valence-corrected chi connectivity index (χ0v) is 16.6. The maximum atomic E-state index is 12.7. The number of nitrogens with one attached hydrogen (secondary N) is 1. The van der Waals surface area contributed by atoms with Crippen LogP contribution in [0.5, 0.6) is 0 Å². The number of carbonyl (C=O) groups is 1. The number of rotatable bonds is 6. The van der Waals surface area contributed by atoms with Gasteiger partial charge in [-0.15, -0.1) is 11.3 Å². The lowest BCUT2D eigenvalue weighted by atomic mass is 10.1. The first-order valence-corrected chi connectivity index (χ1v) is 10.8. The smallest absolute Gasteiger partial charge is 0.243 e. The molecular weight excluding hydrogens is 374 g/mol. The largest absolute Gasteiger partial charge is 0.301 e. The average Bonchev–Trinajstić information content (AvgIpc) is 3.05. The molecule has 7 heteroatoms. The predicted molar refractivity (Wildman–Crippen MR) is 108 cm³/mol. The fourth-order valence-corrected chi connectivity index (χ4v) is 4.94. The van der Waals surface area contributed by atoms with Crippen LogP contribution in [-0.4, -0.2) is 46.4 Å². The summed E-state index contributed by atoms with van der Waals surface area (Å²) in [5, 5.41) is 4.42. The van der Waals surface area contributed by atoms with Gasteiger partial charge in [-0.05, 0) is 18.1 Å². The Kier molecular flexibility index (Phi) is 6.76. The monoisotopic (exact) mass is 395 g/mol. The van der Waals surface area contributed by atoms with Crippen LogP contribution in [0.25, 0.3) is 0 Å². The molecule has 1 atom stereocenters. The summed E-state index contributed by atoms with van der Waals surface area (Å²) in [6.07, 6.45) is 3.37. The molecule has 1 saturated heterocycles. The third-order valence-corrected chi connectivity index (χ3v) is 6.51. The van der Waals surface area contributed by atoms with Crippen molar-refractivity contribution < 1.29 is 4.79 Å². The molecule has 0 radical (unpaired) electrons. The van der Waals surface area contributed by atoms with E-state index in [0.29, 0.717) is 5.13 Å². The standard InChI is InChI=1S/C18H22ClN3OS2/c1-2-16(22-7-9-24-10-8-22)17(23)21-18-20-12-14(25-18)11-13-5-3-4-6-15(13)19/h3-6,12,16H,2,7-11H2,1H3,(H,20,21,23). The van der Waals surface area contributed by atoms with Gasteiger partial charge in [0.25, 0.3) is 0 Å². The van der Waals surface area contributed by atoms with Crippen molar-refractivity contribution in [3.63, 3.8) is 0 Å². The summed E-state index contributed by atoms with van der Waals surface area (Å²) in [5.41, 5.74) is 1.07. The molecule has 0 bridgehead atoms. The van der Waals surface area contributed by atoms with E-state index in [1.54, 1.807) is 0 Å². The first kappa shape index (κ1) is 18.7. The lowest BCUT2D eigenvalue weighted by molar-refractivity contribution is -0.121. The molecule has 134 valence electrons. The number of hydrogen-bond acceptors (Lipinski definition) is 5. The van der Waals surface area contributed by atoms with E-state index in [4.69, 9.17) is 11.6 Å². The van der Waals surface area contributed by atoms with Crippen LogP contribution < -0.4 is 5.32 Å². The Labute approximate surface area is 162 Å². The van der Waals surface area contributed by atoms with Crippen molar-refractivity contribution in [3.05, 3.63) is 45.9 Å². The van der Waals surface area contributed by atoms with Gasteiger partial charge in [-0.1, -0.05) is 36.7 Å². The molecule has 1 aliphatic heterocycles. The number of carbonyl (C=O) groups excluding carboxylic acids is 1. The Morgan fingerprint density at radius 3 is 2.84 bits per heavy atom.